The Bertz CT molecular complexity index is 276. The largest absolute Gasteiger partial charge is 0.206 e. The van der Waals surface area contributed by atoms with Gasteiger partial charge in [-0.15, -0.1) is 0 Å². The molecule has 0 aliphatic heterocycles. The molecule has 0 bridgehead atoms. The van der Waals surface area contributed by atoms with E-state index in [1.54, 1.807) is 6.07 Å². The van der Waals surface area contributed by atoms with Gasteiger partial charge in [-0.05, 0) is 39.7 Å². The van der Waals surface area contributed by atoms with Gasteiger partial charge >= 0.3 is 0 Å². The SMILES string of the molecule is CCCSCc1cccc(F)c1Br. The summed E-state index contributed by atoms with van der Waals surface area (Å²) in [6.07, 6.45) is 1.16. The smallest absolute Gasteiger partial charge is 0.137 e. The second kappa shape index (κ2) is 5.66. The number of benzene rings is 1. The molecule has 0 N–H and O–H groups in total. The summed E-state index contributed by atoms with van der Waals surface area (Å²) in [7, 11) is 0. The van der Waals surface area contributed by atoms with Crippen molar-refractivity contribution >= 4 is 27.7 Å². The zero-order valence-corrected chi connectivity index (χ0v) is 9.92. The molecule has 0 aliphatic carbocycles. The maximum atomic E-state index is 13.0. The molecule has 0 fully saturated rings. The molecule has 0 saturated heterocycles. The number of rotatable bonds is 4. The quantitative estimate of drug-likeness (QED) is 0.732. The van der Waals surface area contributed by atoms with Crippen molar-refractivity contribution in [2.75, 3.05) is 5.75 Å². The molecule has 1 aromatic rings. The van der Waals surface area contributed by atoms with Gasteiger partial charge in [0, 0.05) is 5.75 Å². The Morgan fingerprint density at radius 1 is 1.46 bits per heavy atom. The average Bonchev–Trinajstić information content (AvgIpc) is 2.13. The van der Waals surface area contributed by atoms with E-state index in [2.05, 4.69) is 22.9 Å². The lowest BCUT2D eigenvalue weighted by molar-refractivity contribution is 0.619. The van der Waals surface area contributed by atoms with Crippen LogP contribution in [0.1, 0.15) is 18.9 Å². The lowest BCUT2D eigenvalue weighted by Crippen LogP contribution is -1.87. The van der Waals surface area contributed by atoms with Crippen molar-refractivity contribution in [1.82, 2.24) is 0 Å². The van der Waals surface area contributed by atoms with Gasteiger partial charge in [0.1, 0.15) is 5.82 Å². The Morgan fingerprint density at radius 3 is 2.92 bits per heavy atom. The lowest BCUT2D eigenvalue weighted by Gasteiger charge is -2.03. The summed E-state index contributed by atoms with van der Waals surface area (Å²) in [6.45, 7) is 2.15. The van der Waals surface area contributed by atoms with E-state index in [0.717, 1.165) is 23.5 Å². The second-order valence-corrected chi connectivity index (χ2v) is 4.66. The molecular weight excluding hydrogens is 251 g/mol. The lowest BCUT2D eigenvalue weighted by atomic mass is 10.2. The predicted molar refractivity (Wildman–Crippen MR) is 60.6 cm³/mol. The van der Waals surface area contributed by atoms with Crippen LogP contribution < -0.4 is 0 Å². The van der Waals surface area contributed by atoms with Crippen LogP contribution in [0, 0.1) is 5.82 Å². The summed E-state index contributed by atoms with van der Waals surface area (Å²) < 4.78 is 13.6. The predicted octanol–water partition coefficient (Wildman–Crippen LogP) is 4.23. The highest BCUT2D eigenvalue weighted by molar-refractivity contribution is 9.10. The van der Waals surface area contributed by atoms with E-state index >= 15 is 0 Å². The van der Waals surface area contributed by atoms with Crippen molar-refractivity contribution < 1.29 is 4.39 Å². The van der Waals surface area contributed by atoms with Gasteiger partial charge in [0.15, 0.2) is 0 Å². The van der Waals surface area contributed by atoms with Crippen LogP contribution >= 0.6 is 27.7 Å². The van der Waals surface area contributed by atoms with Crippen molar-refractivity contribution in [2.45, 2.75) is 19.1 Å². The molecule has 0 nitrogen and oxygen atoms in total. The summed E-state index contributed by atoms with van der Waals surface area (Å²) >= 11 is 5.08. The molecule has 0 aromatic heterocycles. The van der Waals surface area contributed by atoms with Gasteiger partial charge in [-0.3, -0.25) is 0 Å². The minimum Gasteiger partial charge on any atom is -0.206 e. The first-order chi connectivity index (χ1) is 6.25. The van der Waals surface area contributed by atoms with Crippen LogP contribution in [0.15, 0.2) is 22.7 Å². The number of hydrogen-bond donors (Lipinski definition) is 0. The summed E-state index contributed by atoms with van der Waals surface area (Å²) in [5.74, 6) is 1.84. The number of halogens is 2. The first-order valence-electron chi connectivity index (χ1n) is 4.26. The van der Waals surface area contributed by atoms with Crippen molar-refractivity contribution in [2.24, 2.45) is 0 Å². The number of thioether (sulfide) groups is 1. The zero-order valence-electron chi connectivity index (χ0n) is 7.52. The van der Waals surface area contributed by atoms with E-state index in [4.69, 9.17) is 0 Å². The van der Waals surface area contributed by atoms with Gasteiger partial charge in [0.05, 0.1) is 4.47 Å². The average molecular weight is 263 g/mol. The Labute approximate surface area is 91.0 Å². The fraction of sp³-hybridized carbons (Fsp3) is 0.400. The van der Waals surface area contributed by atoms with E-state index in [9.17, 15) is 4.39 Å². The standard InChI is InChI=1S/C10H12BrFS/c1-2-6-13-7-8-4-3-5-9(12)10(8)11/h3-5H,2,6-7H2,1H3. The molecule has 0 spiro atoms. The third-order valence-electron chi connectivity index (χ3n) is 1.64. The minimum atomic E-state index is -0.172. The van der Waals surface area contributed by atoms with Gasteiger partial charge in [0.25, 0.3) is 0 Å². The fourth-order valence-electron chi connectivity index (χ4n) is 0.986. The van der Waals surface area contributed by atoms with E-state index in [0.29, 0.717) is 4.47 Å². The van der Waals surface area contributed by atoms with Gasteiger partial charge in [-0.2, -0.15) is 11.8 Å². The second-order valence-electron chi connectivity index (χ2n) is 2.77. The first-order valence-corrected chi connectivity index (χ1v) is 6.21. The Hall–Kier alpha value is -0.0200. The van der Waals surface area contributed by atoms with Crippen LogP contribution in [0.2, 0.25) is 0 Å². The first kappa shape index (κ1) is 11.1. The molecule has 3 heteroatoms. The van der Waals surface area contributed by atoms with E-state index in [-0.39, 0.29) is 5.82 Å². The summed E-state index contributed by atoms with van der Waals surface area (Å²) in [5, 5.41) is 0. The van der Waals surface area contributed by atoms with Crippen LogP contribution in [0.25, 0.3) is 0 Å². The highest BCUT2D eigenvalue weighted by Crippen LogP contribution is 2.24. The molecule has 0 amide bonds. The van der Waals surface area contributed by atoms with Crippen molar-refractivity contribution in [3.8, 4) is 0 Å². The molecule has 13 heavy (non-hydrogen) atoms. The van der Waals surface area contributed by atoms with Crippen LogP contribution in [0.3, 0.4) is 0 Å². The molecule has 1 aromatic carbocycles. The molecule has 1 rings (SSSR count). The molecule has 0 saturated carbocycles. The van der Waals surface area contributed by atoms with Crippen LogP contribution in [-0.4, -0.2) is 5.75 Å². The van der Waals surface area contributed by atoms with Crippen LogP contribution in [0.5, 0.6) is 0 Å². The highest BCUT2D eigenvalue weighted by Gasteiger charge is 2.03. The number of hydrogen-bond acceptors (Lipinski definition) is 1. The van der Waals surface area contributed by atoms with Crippen molar-refractivity contribution in [3.05, 3.63) is 34.1 Å². The molecule has 0 unspecified atom stereocenters. The Balaban J connectivity index is 2.61. The monoisotopic (exact) mass is 262 g/mol. The van der Waals surface area contributed by atoms with Gasteiger partial charge in [-0.25, -0.2) is 4.39 Å². The molecular formula is C10H12BrFS. The van der Waals surface area contributed by atoms with E-state index in [1.165, 1.54) is 6.07 Å². The molecule has 72 valence electrons. The Morgan fingerprint density at radius 2 is 2.23 bits per heavy atom. The molecule has 0 radical (unpaired) electrons. The van der Waals surface area contributed by atoms with Crippen molar-refractivity contribution in [3.63, 3.8) is 0 Å². The molecule has 0 aliphatic rings. The van der Waals surface area contributed by atoms with Crippen LogP contribution in [-0.2, 0) is 5.75 Å². The van der Waals surface area contributed by atoms with Crippen LogP contribution in [0.4, 0.5) is 4.39 Å². The zero-order chi connectivity index (χ0) is 9.68. The van der Waals surface area contributed by atoms with Gasteiger partial charge < -0.3 is 0 Å². The maximum Gasteiger partial charge on any atom is 0.137 e. The summed E-state index contributed by atoms with van der Waals surface area (Å²) in [5.41, 5.74) is 1.04. The molecule has 0 heterocycles. The van der Waals surface area contributed by atoms with Crippen molar-refractivity contribution in [1.29, 1.82) is 0 Å². The van der Waals surface area contributed by atoms with Gasteiger partial charge in [0.2, 0.25) is 0 Å². The topological polar surface area (TPSA) is 0 Å². The third-order valence-corrected chi connectivity index (χ3v) is 3.74. The van der Waals surface area contributed by atoms with E-state index in [1.807, 2.05) is 17.8 Å². The normalized spacial score (nSPS) is 10.4. The summed E-state index contributed by atoms with van der Waals surface area (Å²) in [4.78, 5) is 0. The fourth-order valence-corrected chi connectivity index (χ4v) is 2.47. The third kappa shape index (κ3) is 3.31. The minimum absolute atomic E-state index is 0.172. The molecule has 0 atom stereocenters. The van der Waals surface area contributed by atoms with Gasteiger partial charge in [-0.1, -0.05) is 19.1 Å². The highest BCUT2D eigenvalue weighted by atomic mass is 79.9. The maximum absolute atomic E-state index is 13.0. The van der Waals surface area contributed by atoms with E-state index < -0.39 is 0 Å². The Kier molecular flexibility index (Phi) is 4.81. The summed E-state index contributed by atoms with van der Waals surface area (Å²) in [6, 6.07) is 5.18.